The number of aromatic nitrogens is 1. The van der Waals surface area contributed by atoms with Gasteiger partial charge in [0.25, 0.3) is 0 Å². The molecule has 0 unspecified atom stereocenters. The lowest BCUT2D eigenvalue weighted by Gasteiger charge is -2.33. The number of rotatable bonds is 5. The smallest absolute Gasteiger partial charge is 0.129 e. The molecule has 1 aromatic heterocycles. The van der Waals surface area contributed by atoms with E-state index >= 15 is 0 Å². The van der Waals surface area contributed by atoms with Gasteiger partial charge in [-0.05, 0) is 53.7 Å². The Bertz CT molecular complexity index is 465. The Morgan fingerprint density at radius 3 is 3.00 bits per heavy atom. The van der Waals surface area contributed by atoms with E-state index in [1.165, 1.54) is 12.8 Å². The lowest BCUT2D eigenvalue weighted by Crippen LogP contribution is -2.45. The number of ether oxygens (including phenoxy) is 2. The topological polar surface area (TPSA) is 34.6 Å². The van der Waals surface area contributed by atoms with E-state index in [0.717, 1.165) is 48.2 Å². The van der Waals surface area contributed by atoms with E-state index in [1.54, 1.807) is 0 Å². The van der Waals surface area contributed by atoms with Crippen molar-refractivity contribution in [3.05, 3.63) is 22.3 Å². The molecule has 1 saturated carbocycles. The zero-order valence-electron chi connectivity index (χ0n) is 11.8. The van der Waals surface area contributed by atoms with Crippen molar-refractivity contribution < 1.29 is 9.47 Å². The maximum atomic E-state index is 5.78. The second kappa shape index (κ2) is 6.41. The molecule has 0 N–H and O–H groups in total. The average Bonchev–Trinajstić information content (AvgIpc) is 3.26. The van der Waals surface area contributed by atoms with Gasteiger partial charge in [-0.3, -0.25) is 0 Å². The van der Waals surface area contributed by atoms with Crippen LogP contribution in [0.2, 0.25) is 0 Å². The van der Waals surface area contributed by atoms with Crippen LogP contribution in [0.15, 0.2) is 16.6 Å². The maximum absolute atomic E-state index is 5.78. The Hall–Kier alpha value is -0.650. The minimum Gasteiger partial charge on any atom is -0.378 e. The van der Waals surface area contributed by atoms with Crippen LogP contribution in [0.5, 0.6) is 0 Å². The molecule has 2 fully saturated rings. The standard InChI is InChI=1S/C15H21BrN2O2/c1-11-14(16)4-5-15(17-11)18-6-7-20-13(8-18)10-19-9-12-2-3-12/h4-5,12-13H,2-3,6-10H2,1H3/t13-/m0/s1. The molecular formula is C15H21BrN2O2. The van der Waals surface area contributed by atoms with Crippen molar-refractivity contribution in [1.82, 2.24) is 4.98 Å². The molecule has 2 aliphatic rings. The van der Waals surface area contributed by atoms with Crippen molar-refractivity contribution in [2.24, 2.45) is 5.92 Å². The van der Waals surface area contributed by atoms with Gasteiger partial charge in [0.1, 0.15) is 5.82 Å². The SMILES string of the molecule is Cc1nc(N2CCO[C@H](COCC3CC3)C2)ccc1Br. The summed E-state index contributed by atoms with van der Waals surface area (Å²) in [5.41, 5.74) is 1.02. The zero-order valence-corrected chi connectivity index (χ0v) is 13.4. The number of hydrogen-bond acceptors (Lipinski definition) is 4. The molecule has 20 heavy (non-hydrogen) atoms. The highest BCUT2D eigenvalue weighted by atomic mass is 79.9. The first-order valence-electron chi connectivity index (χ1n) is 7.30. The normalized spacial score (nSPS) is 23.1. The van der Waals surface area contributed by atoms with Gasteiger partial charge in [-0.25, -0.2) is 4.98 Å². The number of aryl methyl sites for hydroxylation is 1. The summed E-state index contributed by atoms with van der Waals surface area (Å²) in [6.07, 6.45) is 2.83. The Balaban J connectivity index is 1.54. The van der Waals surface area contributed by atoms with Crippen LogP contribution in [0.25, 0.3) is 0 Å². The van der Waals surface area contributed by atoms with Gasteiger partial charge in [-0.2, -0.15) is 0 Å². The number of pyridine rings is 1. The molecule has 0 spiro atoms. The number of morpholine rings is 1. The third-order valence-corrected chi connectivity index (χ3v) is 4.66. The summed E-state index contributed by atoms with van der Waals surface area (Å²) in [4.78, 5) is 6.92. The predicted molar refractivity (Wildman–Crippen MR) is 82.2 cm³/mol. The maximum Gasteiger partial charge on any atom is 0.129 e. The second-order valence-corrected chi connectivity index (χ2v) is 6.51. The lowest BCUT2D eigenvalue weighted by molar-refractivity contribution is -0.0259. The second-order valence-electron chi connectivity index (χ2n) is 5.66. The Morgan fingerprint density at radius 1 is 1.40 bits per heavy atom. The molecule has 4 nitrogen and oxygen atoms in total. The van der Waals surface area contributed by atoms with E-state index in [-0.39, 0.29) is 6.10 Å². The predicted octanol–water partition coefficient (Wildman–Crippen LogP) is 2.78. The molecule has 5 heteroatoms. The molecule has 0 bridgehead atoms. The van der Waals surface area contributed by atoms with E-state index in [9.17, 15) is 0 Å². The van der Waals surface area contributed by atoms with Crippen molar-refractivity contribution in [3.63, 3.8) is 0 Å². The van der Waals surface area contributed by atoms with Gasteiger partial charge in [0.2, 0.25) is 0 Å². The van der Waals surface area contributed by atoms with Crippen molar-refractivity contribution in [1.29, 1.82) is 0 Å². The highest BCUT2D eigenvalue weighted by Crippen LogP contribution is 2.29. The summed E-state index contributed by atoms with van der Waals surface area (Å²) >= 11 is 3.49. The van der Waals surface area contributed by atoms with Gasteiger partial charge in [-0.1, -0.05) is 0 Å². The van der Waals surface area contributed by atoms with Crippen LogP contribution in [-0.4, -0.2) is 44.0 Å². The van der Waals surface area contributed by atoms with E-state index < -0.39 is 0 Å². The van der Waals surface area contributed by atoms with Gasteiger partial charge < -0.3 is 14.4 Å². The van der Waals surface area contributed by atoms with Gasteiger partial charge >= 0.3 is 0 Å². The molecule has 1 saturated heterocycles. The fourth-order valence-electron chi connectivity index (χ4n) is 2.39. The zero-order chi connectivity index (χ0) is 13.9. The Kier molecular flexibility index (Phi) is 4.58. The van der Waals surface area contributed by atoms with Gasteiger partial charge in [0.15, 0.2) is 0 Å². The monoisotopic (exact) mass is 340 g/mol. The molecular weight excluding hydrogens is 320 g/mol. The summed E-state index contributed by atoms with van der Waals surface area (Å²) < 4.78 is 12.6. The van der Waals surface area contributed by atoms with E-state index in [2.05, 4.69) is 37.9 Å². The summed E-state index contributed by atoms with van der Waals surface area (Å²) in [5, 5.41) is 0. The summed E-state index contributed by atoms with van der Waals surface area (Å²) in [6, 6.07) is 4.12. The number of nitrogens with zero attached hydrogens (tertiary/aromatic N) is 2. The van der Waals surface area contributed by atoms with Crippen LogP contribution >= 0.6 is 15.9 Å². The van der Waals surface area contributed by atoms with Crippen molar-refractivity contribution >= 4 is 21.7 Å². The molecule has 110 valence electrons. The van der Waals surface area contributed by atoms with E-state index in [0.29, 0.717) is 6.61 Å². The third-order valence-electron chi connectivity index (χ3n) is 3.82. The fourth-order valence-corrected chi connectivity index (χ4v) is 2.61. The third kappa shape index (κ3) is 3.71. The van der Waals surface area contributed by atoms with E-state index in [4.69, 9.17) is 9.47 Å². The Morgan fingerprint density at radius 2 is 2.25 bits per heavy atom. The number of hydrogen-bond donors (Lipinski definition) is 0. The van der Waals surface area contributed by atoms with Crippen LogP contribution in [0.3, 0.4) is 0 Å². The van der Waals surface area contributed by atoms with Crippen LogP contribution in [-0.2, 0) is 9.47 Å². The minimum absolute atomic E-state index is 0.160. The van der Waals surface area contributed by atoms with Crippen LogP contribution in [0.4, 0.5) is 5.82 Å². The van der Waals surface area contributed by atoms with Crippen molar-refractivity contribution in [2.45, 2.75) is 25.9 Å². The van der Waals surface area contributed by atoms with Gasteiger partial charge in [-0.15, -0.1) is 0 Å². The van der Waals surface area contributed by atoms with Crippen LogP contribution in [0, 0.1) is 12.8 Å². The number of halogens is 1. The molecule has 1 aliphatic heterocycles. The van der Waals surface area contributed by atoms with Crippen LogP contribution in [0.1, 0.15) is 18.5 Å². The first-order valence-corrected chi connectivity index (χ1v) is 8.09. The molecule has 1 atom stereocenters. The summed E-state index contributed by atoms with van der Waals surface area (Å²) in [7, 11) is 0. The number of anilines is 1. The van der Waals surface area contributed by atoms with Crippen LogP contribution < -0.4 is 4.90 Å². The quantitative estimate of drug-likeness (QED) is 0.825. The summed E-state index contributed by atoms with van der Waals surface area (Å²) in [6.45, 7) is 6.11. The minimum atomic E-state index is 0.160. The summed E-state index contributed by atoms with van der Waals surface area (Å²) in [5.74, 6) is 1.84. The fraction of sp³-hybridized carbons (Fsp3) is 0.667. The van der Waals surface area contributed by atoms with E-state index in [1.807, 2.05) is 6.92 Å². The highest BCUT2D eigenvalue weighted by Gasteiger charge is 2.24. The molecule has 1 aromatic rings. The molecule has 2 heterocycles. The van der Waals surface area contributed by atoms with Gasteiger partial charge in [0.05, 0.1) is 25.0 Å². The first-order chi connectivity index (χ1) is 9.72. The molecule has 3 rings (SSSR count). The Labute approximate surface area is 128 Å². The lowest BCUT2D eigenvalue weighted by atomic mass is 10.2. The molecule has 0 radical (unpaired) electrons. The average molecular weight is 341 g/mol. The molecule has 1 aliphatic carbocycles. The largest absolute Gasteiger partial charge is 0.378 e. The van der Waals surface area contributed by atoms with Crippen molar-refractivity contribution in [2.75, 3.05) is 37.8 Å². The molecule has 0 amide bonds. The van der Waals surface area contributed by atoms with Gasteiger partial charge in [0, 0.05) is 24.2 Å². The van der Waals surface area contributed by atoms with Crippen molar-refractivity contribution in [3.8, 4) is 0 Å². The highest BCUT2D eigenvalue weighted by molar-refractivity contribution is 9.10. The molecule has 0 aromatic carbocycles. The first kappa shape index (κ1) is 14.3.